The lowest BCUT2D eigenvalue weighted by Crippen LogP contribution is -2.58. The standard InChI is InChI=1S/C13H23ClN4/c1-10-11(8-14)12(17(5)15-10)18-7-6-16(4)13(2,3)9-18/h6-9H2,1-5H3. The summed E-state index contributed by atoms with van der Waals surface area (Å²) in [5.41, 5.74) is 2.39. The second-order valence-corrected chi connectivity index (χ2v) is 6.07. The Balaban J connectivity index is 2.33. The van der Waals surface area contributed by atoms with Crippen LogP contribution < -0.4 is 4.90 Å². The molecule has 18 heavy (non-hydrogen) atoms. The number of aryl methyl sites for hydroxylation is 2. The van der Waals surface area contributed by atoms with Gasteiger partial charge in [-0.3, -0.25) is 9.58 Å². The maximum atomic E-state index is 6.08. The van der Waals surface area contributed by atoms with Gasteiger partial charge >= 0.3 is 0 Å². The van der Waals surface area contributed by atoms with E-state index in [-0.39, 0.29) is 5.54 Å². The van der Waals surface area contributed by atoms with Gasteiger partial charge < -0.3 is 4.90 Å². The SMILES string of the molecule is Cc1nn(C)c(N2CCN(C)C(C)(C)C2)c1CCl. The molecule has 4 nitrogen and oxygen atoms in total. The van der Waals surface area contributed by atoms with E-state index < -0.39 is 0 Å². The Labute approximate surface area is 115 Å². The van der Waals surface area contributed by atoms with Gasteiger partial charge in [0, 0.05) is 37.8 Å². The molecule has 0 amide bonds. The number of nitrogens with zero attached hydrogens (tertiary/aromatic N) is 4. The molecule has 0 unspecified atom stereocenters. The maximum absolute atomic E-state index is 6.08. The van der Waals surface area contributed by atoms with Gasteiger partial charge in [-0.1, -0.05) is 0 Å². The summed E-state index contributed by atoms with van der Waals surface area (Å²) >= 11 is 6.08. The number of halogens is 1. The normalized spacial score (nSPS) is 20.4. The number of anilines is 1. The van der Waals surface area contributed by atoms with E-state index in [1.807, 2.05) is 18.7 Å². The molecule has 0 spiro atoms. The molecule has 1 aliphatic rings. The first kappa shape index (κ1) is 13.7. The monoisotopic (exact) mass is 270 g/mol. The summed E-state index contributed by atoms with van der Waals surface area (Å²) in [7, 11) is 4.19. The number of likely N-dealkylation sites (N-methyl/N-ethyl adjacent to an activating group) is 1. The average Bonchev–Trinajstić information content (AvgIpc) is 2.57. The predicted octanol–water partition coefficient (Wildman–Crippen LogP) is 2.00. The summed E-state index contributed by atoms with van der Waals surface area (Å²) in [5, 5.41) is 4.50. The molecule has 2 rings (SSSR count). The van der Waals surface area contributed by atoms with Gasteiger partial charge in [0.1, 0.15) is 5.82 Å². The summed E-state index contributed by atoms with van der Waals surface area (Å²) < 4.78 is 1.97. The van der Waals surface area contributed by atoms with Crippen LogP contribution in [0.3, 0.4) is 0 Å². The van der Waals surface area contributed by atoms with Crippen molar-refractivity contribution in [2.45, 2.75) is 32.2 Å². The van der Waals surface area contributed by atoms with Gasteiger partial charge in [0.2, 0.25) is 0 Å². The highest BCUT2D eigenvalue weighted by molar-refractivity contribution is 6.17. The Morgan fingerprint density at radius 1 is 1.28 bits per heavy atom. The molecule has 0 saturated carbocycles. The van der Waals surface area contributed by atoms with Gasteiger partial charge in [-0.2, -0.15) is 5.10 Å². The predicted molar refractivity (Wildman–Crippen MR) is 76.4 cm³/mol. The van der Waals surface area contributed by atoms with Crippen LogP contribution >= 0.6 is 11.6 Å². The van der Waals surface area contributed by atoms with E-state index in [4.69, 9.17) is 11.6 Å². The van der Waals surface area contributed by atoms with Crippen LogP contribution in [0.1, 0.15) is 25.1 Å². The number of hydrogen-bond donors (Lipinski definition) is 0. The molecular formula is C13H23ClN4. The molecule has 1 aromatic heterocycles. The number of hydrogen-bond acceptors (Lipinski definition) is 3. The lowest BCUT2D eigenvalue weighted by atomic mass is 9.99. The van der Waals surface area contributed by atoms with Gasteiger partial charge in [0.25, 0.3) is 0 Å². The Bertz CT molecular complexity index is 438. The van der Waals surface area contributed by atoms with Gasteiger partial charge in [0.05, 0.1) is 11.6 Å². The number of aromatic nitrogens is 2. The molecule has 0 atom stereocenters. The van der Waals surface area contributed by atoms with Crippen LogP contribution in [-0.2, 0) is 12.9 Å². The fraction of sp³-hybridized carbons (Fsp3) is 0.769. The second-order valence-electron chi connectivity index (χ2n) is 5.80. The molecule has 0 aliphatic carbocycles. The van der Waals surface area contributed by atoms with Crippen LogP contribution in [0.15, 0.2) is 0 Å². The minimum absolute atomic E-state index is 0.181. The highest BCUT2D eigenvalue weighted by Gasteiger charge is 2.33. The topological polar surface area (TPSA) is 24.3 Å². The third-order valence-corrected chi connectivity index (χ3v) is 4.33. The molecule has 1 aromatic rings. The lowest BCUT2D eigenvalue weighted by molar-refractivity contribution is 0.138. The van der Waals surface area contributed by atoms with E-state index in [0.717, 1.165) is 25.3 Å². The smallest absolute Gasteiger partial charge is 0.131 e. The van der Waals surface area contributed by atoms with Crippen molar-refractivity contribution in [3.05, 3.63) is 11.3 Å². The van der Waals surface area contributed by atoms with Gasteiger partial charge in [-0.15, -0.1) is 11.6 Å². The molecule has 0 N–H and O–H groups in total. The van der Waals surface area contributed by atoms with Crippen LogP contribution in [0, 0.1) is 6.92 Å². The fourth-order valence-corrected chi connectivity index (χ4v) is 2.98. The molecule has 0 aromatic carbocycles. The van der Waals surface area contributed by atoms with E-state index in [9.17, 15) is 0 Å². The third kappa shape index (κ3) is 2.24. The summed E-state index contributed by atoms with van der Waals surface area (Å²) in [6.45, 7) is 9.70. The molecular weight excluding hydrogens is 248 g/mol. The van der Waals surface area contributed by atoms with Crippen LogP contribution in [0.4, 0.5) is 5.82 Å². The third-order valence-electron chi connectivity index (χ3n) is 4.06. The van der Waals surface area contributed by atoms with Crippen molar-refractivity contribution >= 4 is 17.4 Å². The van der Waals surface area contributed by atoms with Gasteiger partial charge in [-0.25, -0.2) is 0 Å². The van der Waals surface area contributed by atoms with Gasteiger partial charge in [-0.05, 0) is 27.8 Å². The van der Waals surface area contributed by atoms with E-state index in [1.165, 1.54) is 11.4 Å². The zero-order valence-electron chi connectivity index (χ0n) is 12.0. The number of piperazine rings is 1. The Morgan fingerprint density at radius 3 is 2.50 bits per heavy atom. The number of rotatable bonds is 2. The first-order valence-electron chi connectivity index (χ1n) is 6.41. The average molecular weight is 271 g/mol. The van der Waals surface area contributed by atoms with Crippen molar-refractivity contribution in [3.63, 3.8) is 0 Å². The highest BCUT2D eigenvalue weighted by atomic mass is 35.5. The molecule has 2 heterocycles. The molecule has 102 valence electrons. The van der Waals surface area contributed by atoms with Crippen molar-refractivity contribution in [1.29, 1.82) is 0 Å². The molecule has 5 heteroatoms. The summed E-state index contributed by atoms with van der Waals surface area (Å²) in [6.07, 6.45) is 0. The molecule has 0 bridgehead atoms. The molecule has 1 saturated heterocycles. The quantitative estimate of drug-likeness (QED) is 0.769. The molecule has 0 radical (unpaired) electrons. The zero-order chi connectivity index (χ0) is 13.5. The second kappa shape index (κ2) is 4.74. The van der Waals surface area contributed by atoms with Crippen LogP contribution in [-0.4, -0.2) is 46.9 Å². The largest absolute Gasteiger partial charge is 0.353 e. The highest BCUT2D eigenvalue weighted by Crippen LogP contribution is 2.29. The number of alkyl halides is 1. The van der Waals surface area contributed by atoms with Gasteiger partial charge in [0.15, 0.2) is 0 Å². The Kier molecular flexibility index (Phi) is 3.60. The van der Waals surface area contributed by atoms with Crippen LogP contribution in [0.25, 0.3) is 0 Å². The first-order valence-corrected chi connectivity index (χ1v) is 6.95. The van der Waals surface area contributed by atoms with E-state index in [0.29, 0.717) is 5.88 Å². The molecule has 1 aliphatic heterocycles. The van der Waals surface area contributed by atoms with Crippen molar-refractivity contribution in [1.82, 2.24) is 14.7 Å². The maximum Gasteiger partial charge on any atom is 0.131 e. The summed E-state index contributed by atoms with van der Waals surface area (Å²) in [4.78, 5) is 4.82. The zero-order valence-corrected chi connectivity index (χ0v) is 12.8. The van der Waals surface area contributed by atoms with Crippen molar-refractivity contribution in [3.8, 4) is 0 Å². The minimum Gasteiger partial charge on any atom is -0.353 e. The summed E-state index contributed by atoms with van der Waals surface area (Å²) in [5.74, 6) is 1.71. The van der Waals surface area contributed by atoms with Crippen LogP contribution in [0.5, 0.6) is 0 Å². The van der Waals surface area contributed by atoms with E-state index in [1.54, 1.807) is 0 Å². The lowest BCUT2D eigenvalue weighted by Gasteiger charge is -2.46. The minimum atomic E-state index is 0.181. The summed E-state index contributed by atoms with van der Waals surface area (Å²) in [6, 6.07) is 0. The molecule has 1 fully saturated rings. The Hall–Kier alpha value is -0.740. The van der Waals surface area contributed by atoms with Crippen molar-refractivity contribution in [2.75, 3.05) is 31.6 Å². The van der Waals surface area contributed by atoms with E-state index in [2.05, 4.69) is 35.8 Å². The van der Waals surface area contributed by atoms with Crippen molar-refractivity contribution in [2.24, 2.45) is 7.05 Å². The fourth-order valence-electron chi connectivity index (χ4n) is 2.66. The van der Waals surface area contributed by atoms with Crippen LogP contribution in [0.2, 0.25) is 0 Å². The van der Waals surface area contributed by atoms with Crippen molar-refractivity contribution < 1.29 is 0 Å². The first-order chi connectivity index (χ1) is 8.36. The Morgan fingerprint density at radius 2 is 1.94 bits per heavy atom. The van der Waals surface area contributed by atoms with E-state index >= 15 is 0 Å².